The molecule has 0 unspecified atom stereocenters. The molecular formula is C17H26IN3O. The lowest BCUT2D eigenvalue weighted by Crippen LogP contribution is -2.39. The maximum Gasteiger partial charge on any atom is 0.193 e. The molecule has 1 N–H and O–H groups in total. The molecule has 0 radical (unpaired) electrons. The van der Waals surface area contributed by atoms with Crippen LogP contribution in [-0.4, -0.2) is 44.1 Å². The largest absolute Gasteiger partial charge is 0.377 e. The first-order valence-corrected chi connectivity index (χ1v) is 7.89. The highest BCUT2D eigenvalue weighted by molar-refractivity contribution is 14.0. The normalized spacial score (nSPS) is 18.6. The van der Waals surface area contributed by atoms with Gasteiger partial charge in [0, 0.05) is 26.7 Å². The van der Waals surface area contributed by atoms with Crippen LogP contribution in [0.15, 0.2) is 35.3 Å². The fourth-order valence-electron chi connectivity index (χ4n) is 2.73. The van der Waals surface area contributed by atoms with E-state index in [9.17, 15) is 0 Å². The highest BCUT2D eigenvalue weighted by Crippen LogP contribution is 2.48. The van der Waals surface area contributed by atoms with Gasteiger partial charge in [-0.15, -0.1) is 24.0 Å². The summed E-state index contributed by atoms with van der Waals surface area (Å²) in [5, 5.41) is 3.51. The monoisotopic (exact) mass is 415 g/mol. The van der Waals surface area contributed by atoms with Crippen molar-refractivity contribution in [3.8, 4) is 0 Å². The van der Waals surface area contributed by atoms with Gasteiger partial charge in [0.1, 0.15) is 0 Å². The lowest BCUT2D eigenvalue weighted by atomic mass is 10.0. The van der Waals surface area contributed by atoms with E-state index in [1.165, 1.54) is 18.4 Å². The second kappa shape index (κ2) is 8.15. The van der Waals surface area contributed by atoms with Crippen molar-refractivity contribution in [3.05, 3.63) is 35.9 Å². The van der Waals surface area contributed by atoms with E-state index in [2.05, 4.69) is 46.5 Å². The Balaban J connectivity index is 0.00000176. The summed E-state index contributed by atoms with van der Waals surface area (Å²) in [4.78, 5) is 6.68. The molecule has 4 nitrogen and oxygen atoms in total. The average molecular weight is 415 g/mol. The van der Waals surface area contributed by atoms with Gasteiger partial charge in [0.15, 0.2) is 5.96 Å². The number of nitrogens with zero attached hydrogens (tertiary/aromatic N) is 2. The van der Waals surface area contributed by atoms with Gasteiger partial charge in [0.2, 0.25) is 0 Å². The van der Waals surface area contributed by atoms with E-state index < -0.39 is 0 Å². The summed E-state index contributed by atoms with van der Waals surface area (Å²) in [5.41, 5.74) is 1.70. The molecule has 122 valence electrons. The minimum absolute atomic E-state index is 0. The summed E-state index contributed by atoms with van der Waals surface area (Å²) in [6, 6.07) is 10.4. The van der Waals surface area contributed by atoms with Gasteiger partial charge in [-0.1, -0.05) is 30.3 Å². The second-order valence-electron chi connectivity index (χ2n) is 6.27. The molecule has 0 aromatic heterocycles. The Morgan fingerprint density at radius 2 is 2.05 bits per heavy atom. The third-order valence-electron chi connectivity index (χ3n) is 4.53. The first-order valence-electron chi connectivity index (χ1n) is 7.89. The first-order chi connectivity index (χ1) is 10.3. The van der Waals surface area contributed by atoms with Crippen LogP contribution in [0.25, 0.3) is 0 Å². The molecule has 2 aliphatic rings. The molecule has 22 heavy (non-hydrogen) atoms. The molecule has 0 bridgehead atoms. The Kier molecular flexibility index (Phi) is 6.50. The van der Waals surface area contributed by atoms with E-state index >= 15 is 0 Å². The maximum atomic E-state index is 5.82. The van der Waals surface area contributed by atoms with Gasteiger partial charge in [-0.25, -0.2) is 0 Å². The van der Waals surface area contributed by atoms with E-state index in [-0.39, 0.29) is 24.0 Å². The van der Waals surface area contributed by atoms with Gasteiger partial charge >= 0.3 is 0 Å². The molecule has 1 fully saturated rings. The average Bonchev–Trinajstić information content (AvgIpc) is 3.17. The zero-order valence-electron chi connectivity index (χ0n) is 13.3. The zero-order valence-corrected chi connectivity index (χ0v) is 15.6. The number of benzene rings is 1. The minimum atomic E-state index is 0. The first kappa shape index (κ1) is 17.5. The van der Waals surface area contributed by atoms with Gasteiger partial charge in [0.25, 0.3) is 0 Å². The van der Waals surface area contributed by atoms with Gasteiger partial charge in [-0.2, -0.15) is 0 Å². The van der Waals surface area contributed by atoms with Crippen molar-refractivity contribution in [1.82, 2.24) is 10.2 Å². The molecule has 5 heteroatoms. The third-order valence-corrected chi connectivity index (χ3v) is 4.53. The SMILES string of the molecule is CN1CCN=C1NCC1(CCOCc2ccccc2)CC1.I. The number of nitrogens with one attached hydrogen (secondary N) is 1. The molecule has 1 saturated carbocycles. The van der Waals surface area contributed by atoms with Gasteiger partial charge < -0.3 is 15.0 Å². The standard InChI is InChI=1S/C17H25N3O.HI/c1-20-11-10-18-16(20)19-14-17(7-8-17)9-12-21-13-15-5-3-2-4-6-15;/h2-6H,7-14H2,1H3,(H,18,19);1H. The fraction of sp³-hybridized carbons (Fsp3) is 0.588. The van der Waals surface area contributed by atoms with Gasteiger partial charge in [0.05, 0.1) is 13.2 Å². The van der Waals surface area contributed by atoms with Crippen LogP contribution < -0.4 is 5.32 Å². The van der Waals surface area contributed by atoms with Crippen molar-refractivity contribution in [1.29, 1.82) is 0 Å². The van der Waals surface area contributed by atoms with Crippen LogP contribution in [-0.2, 0) is 11.3 Å². The Morgan fingerprint density at radius 3 is 2.68 bits per heavy atom. The number of guanidine groups is 1. The number of hydrogen-bond acceptors (Lipinski definition) is 4. The Morgan fingerprint density at radius 1 is 1.27 bits per heavy atom. The maximum absolute atomic E-state index is 5.82. The topological polar surface area (TPSA) is 36.9 Å². The fourth-order valence-corrected chi connectivity index (χ4v) is 2.73. The van der Waals surface area contributed by atoms with Crippen molar-refractivity contribution < 1.29 is 4.74 Å². The highest BCUT2D eigenvalue weighted by Gasteiger charge is 2.42. The van der Waals surface area contributed by atoms with Crippen LogP contribution in [0.2, 0.25) is 0 Å². The number of ether oxygens (including phenoxy) is 1. The van der Waals surface area contributed by atoms with Crippen LogP contribution in [0.5, 0.6) is 0 Å². The molecule has 1 aliphatic heterocycles. The van der Waals surface area contributed by atoms with Crippen molar-refractivity contribution in [2.24, 2.45) is 10.4 Å². The molecule has 0 amide bonds. The molecular weight excluding hydrogens is 389 g/mol. The van der Waals surface area contributed by atoms with E-state index in [1.807, 2.05) is 6.07 Å². The molecule has 0 saturated heterocycles. The summed E-state index contributed by atoms with van der Waals surface area (Å²) in [5.74, 6) is 1.06. The summed E-state index contributed by atoms with van der Waals surface area (Å²) in [6.45, 7) is 4.56. The summed E-state index contributed by atoms with van der Waals surface area (Å²) in [7, 11) is 2.10. The number of aliphatic imine (C=N–C) groups is 1. The molecule has 1 aromatic rings. The second-order valence-corrected chi connectivity index (χ2v) is 6.27. The van der Waals surface area contributed by atoms with E-state index in [0.29, 0.717) is 5.41 Å². The predicted octanol–water partition coefficient (Wildman–Crippen LogP) is 2.88. The third kappa shape index (κ3) is 4.84. The van der Waals surface area contributed by atoms with Crippen molar-refractivity contribution >= 4 is 29.9 Å². The van der Waals surface area contributed by atoms with E-state index in [4.69, 9.17) is 4.74 Å². The Labute approximate surface area is 150 Å². The highest BCUT2D eigenvalue weighted by atomic mass is 127. The van der Waals surface area contributed by atoms with Crippen LogP contribution in [0.1, 0.15) is 24.8 Å². The van der Waals surface area contributed by atoms with Crippen molar-refractivity contribution in [2.75, 3.05) is 33.3 Å². The van der Waals surface area contributed by atoms with Gasteiger partial charge in [-0.05, 0) is 30.2 Å². The van der Waals surface area contributed by atoms with E-state index in [0.717, 1.165) is 45.2 Å². The number of halogens is 1. The molecule has 1 aliphatic carbocycles. The Bertz CT molecular complexity index is 488. The van der Waals surface area contributed by atoms with Crippen molar-refractivity contribution in [2.45, 2.75) is 25.9 Å². The van der Waals surface area contributed by atoms with Crippen LogP contribution in [0.4, 0.5) is 0 Å². The smallest absolute Gasteiger partial charge is 0.193 e. The van der Waals surface area contributed by atoms with Crippen LogP contribution in [0.3, 0.4) is 0 Å². The lowest BCUT2D eigenvalue weighted by Gasteiger charge is -2.20. The van der Waals surface area contributed by atoms with Gasteiger partial charge in [-0.3, -0.25) is 4.99 Å². The molecule has 0 spiro atoms. The summed E-state index contributed by atoms with van der Waals surface area (Å²) < 4.78 is 5.82. The van der Waals surface area contributed by atoms with Crippen LogP contribution in [0, 0.1) is 5.41 Å². The predicted molar refractivity (Wildman–Crippen MR) is 101 cm³/mol. The number of rotatable bonds is 7. The zero-order chi connectivity index (χ0) is 14.5. The Hall–Kier alpha value is -0.820. The summed E-state index contributed by atoms with van der Waals surface area (Å²) >= 11 is 0. The molecule has 1 aromatic carbocycles. The summed E-state index contributed by atoms with van der Waals surface area (Å²) in [6.07, 6.45) is 3.77. The van der Waals surface area contributed by atoms with Crippen molar-refractivity contribution in [3.63, 3.8) is 0 Å². The molecule has 0 atom stereocenters. The van der Waals surface area contributed by atoms with Crippen LogP contribution >= 0.6 is 24.0 Å². The van der Waals surface area contributed by atoms with E-state index in [1.54, 1.807) is 0 Å². The number of hydrogen-bond donors (Lipinski definition) is 1. The lowest BCUT2D eigenvalue weighted by molar-refractivity contribution is 0.104. The quantitative estimate of drug-likeness (QED) is 0.550. The number of likely N-dealkylation sites (N-methyl/N-ethyl adjacent to an activating group) is 1. The molecule has 1 heterocycles. The minimum Gasteiger partial charge on any atom is -0.377 e. The molecule has 3 rings (SSSR count).